The first-order valence-corrected chi connectivity index (χ1v) is 11.4. The van der Waals surface area contributed by atoms with Crippen LogP contribution in [0.4, 0.5) is 42.1 Å². The molecule has 2 aromatic rings. The first-order chi connectivity index (χ1) is 13.0. The van der Waals surface area contributed by atoms with E-state index in [1.54, 1.807) is 19.1 Å². The molecule has 0 aliphatic rings. The third-order valence-corrected chi connectivity index (χ3v) is 3.35. The van der Waals surface area contributed by atoms with E-state index in [9.17, 15) is 30.7 Å². The summed E-state index contributed by atoms with van der Waals surface area (Å²) in [4.78, 5) is 3.29. The van der Waals surface area contributed by atoms with Crippen molar-refractivity contribution in [2.45, 2.75) is 13.1 Å². The molecular formula is C16H10Cl2F7N2Ti-. The zero-order chi connectivity index (χ0) is 21.6. The number of hydrogen-bond donors (Lipinski definition) is 0. The summed E-state index contributed by atoms with van der Waals surface area (Å²) >= 11 is -0.556. The quantitative estimate of drug-likeness (QED) is 0.190. The number of rotatable bonds is 3. The predicted octanol–water partition coefficient (Wildman–Crippen LogP) is 7.33. The van der Waals surface area contributed by atoms with Crippen molar-refractivity contribution in [3.05, 3.63) is 63.5 Å². The molecule has 0 saturated heterocycles. The molecule has 0 aromatic heterocycles. The Labute approximate surface area is 172 Å². The number of benzene rings is 2. The van der Waals surface area contributed by atoms with Crippen molar-refractivity contribution in [3.63, 3.8) is 0 Å². The van der Waals surface area contributed by atoms with Crippen molar-refractivity contribution in [1.82, 2.24) is 0 Å². The van der Waals surface area contributed by atoms with Gasteiger partial charge in [-0.25, -0.2) is 22.6 Å². The molecule has 2 rings (SSSR count). The summed E-state index contributed by atoms with van der Waals surface area (Å²) in [5, 5.41) is 3.93. The van der Waals surface area contributed by atoms with Gasteiger partial charge in [0.1, 0.15) is 11.3 Å². The van der Waals surface area contributed by atoms with Crippen LogP contribution in [0.15, 0.2) is 23.2 Å². The Bertz CT molecular complexity index is 844. The number of nitrogens with zero attached hydrogens (tertiary/aromatic N) is 2. The van der Waals surface area contributed by atoms with Gasteiger partial charge >= 0.3 is 41.8 Å². The van der Waals surface area contributed by atoms with E-state index >= 15 is 0 Å². The van der Waals surface area contributed by atoms with Crippen LogP contribution in [0, 0.1) is 30.2 Å². The molecule has 152 valence electrons. The zero-order valence-corrected chi connectivity index (χ0v) is 17.2. The van der Waals surface area contributed by atoms with Crippen LogP contribution in [0.3, 0.4) is 0 Å². The molecular weight excluding hydrogens is 472 g/mol. The van der Waals surface area contributed by atoms with Crippen molar-refractivity contribution in [3.8, 4) is 0 Å². The van der Waals surface area contributed by atoms with Gasteiger partial charge in [0, 0.05) is 6.21 Å². The molecule has 0 heterocycles. The monoisotopic (exact) mass is 481 g/mol. The predicted molar refractivity (Wildman–Crippen MR) is 90.4 cm³/mol. The Morgan fingerprint density at radius 3 is 1.93 bits per heavy atom. The summed E-state index contributed by atoms with van der Waals surface area (Å²) in [6.45, 7) is 1.69. The van der Waals surface area contributed by atoms with Crippen LogP contribution in [0.5, 0.6) is 0 Å². The van der Waals surface area contributed by atoms with Crippen LogP contribution in [0.1, 0.15) is 16.7 Å². The molecule has 0 amide bonds. The number of halogens is 9. The molecule has 12 heteroatoms. The fourth-order valence-electron chi connectivity index (χ4n) is 2.21. The van der Waals surface area contributed by atoms with Crippen LogP contribution in [-0.4, -0.2) is 13.3 Å². The summed E-state index contributed by atoms with van der Waals surface area (Å²) in [5.74, 6) is -9.57. The molecule has 2 aromatic carbocycles. The molecule has 0 aliphatic carbocycles. The summed E-state index contributed by atoms with van der Waals surface area (Å²) in [7, 11) is 11.2. The number of para-hydroxylation sites is 1. The second-order valence-electron chi connectivity index (χ2n) is 5.04. The third-order valence-electron chi connectivity index (χ3n) is 3.35. The van der Waals surface area contributed by atoms with E-state index in [1.807, 2.05) is 0 Å². The first kappa shape index (κ1) is 24.8. The second-order valence-corrected chi connectivity index (χ2v) is 7.62. The van der Waals surface area contributed by atoms with Gasteiger partial charge in [-0.15, -0.1) is 12.7 Å². The van der Waals surface area contributed by atoms with Crippen molar-refractivity contribution in [1.29, 1.82) is 0 Å². The van der Waals surface area contributed by atoms with Crippen molar-refractivity contribution < 1.29 is 47.8 Å². The molecule has 0 N–H and O–H groups in total. The molecule has 0 saturated carbocycles. The first-order valence-electron chi connectivity index (χ1n) is 7.14. The number of aliphatic imine (C=N–C) groups is 1. The van der Waals surface area contributed by atoms with Gasteiger partial charge in [-0.2, -0.15) is 13.2 Å². The Morgan fingerprint density at radius 1 is 1.00 bits per heavy atom. The number of hydrogen-bond acceptors (Lipinski definition) is 1. The summed E-state index contributed by atoms with van der Waals surface area (Å²) < 4.78 is 92.2. The van der Waals surface area contributed by atoms with Crippen molar-refractivity contribution >= 4 is 36.2 Å². The molecule has 2 nitrogen and oxygen atoms in total. The van der Waals surface area contributed by atoms with Gasteiger partial charge in [0.25, 0.3) is 0 Å². The summed E-state index contributed by atoms with van der Waals surface area (Å²) in [6, 6.07) is 4.73. The SMILES string of the molecule is C[N-]c1c(C)cccc1C=Nc1c(F)c(F)c(C(F)(F)F)c(F)c1F.[Cl][Ti][Cl]. The Kier molecular flexibility index (Phi) is 9.26. The van der Waals surface area contributed by atoms with Gasteiger partial charge in [-0.1, -0.05) is 23.8 Å². The topological polar surface area (TPSA) is 26.5 Å². The van der Waals surface area contributed by atoms with Crippen molar-refractivity contribution in [2.75, 3.05) is 7.05 Å². The summed E-state index contributed by atoms with van der Waals surface area (Å²) in [6.07, 6.45) is -4.73. The number of alkyl halides is 3. The molecule has 0 fully saturated rings. The van der Waals surface area contributed by atoms with Crippen LogP contribution >= 0.6 is 18.6 Å². The van der Waals surface area contributed by atoms with Gasteiger partial charge < -0.3 is 5.32 Å². The van der Waals surface area contributed by atoms with E-state index in [0.717, 1.165) is 6.21 Å². The molecule has 0 atom stereocenters. The molecule has 0 bridgehead atoms. The molecule has 0 spiro atoms. The third kappa shape index (κ3) is 5.62. The Morgan fingerprint density at radius 2 is 1.50 bits per heavy atom. The van der Waals surface area contributed by atoms with Gasteiger partial charge in [0.2, 0.25) is 0 Å². The van der Waals surface area contributed by atoms with Crippen LogP contribution in [-0.2, 0) is 23.2 Å². The van der Waals surface area contributed by atoms with E-state index < -0.39 is 57.7 Å². The Hall–Kier alpha value is -1.29. The molecule has 0 aliphatic heterocycles. The van der Waals surface area contributed by atoms with Gasteiger partial charge in [-0.3, -0.25) is 0 Å². The molecule has 0 unspecified atom stereocenters. The van der Waals surface area contributed by atoms with Gasteiger partial charge in [0.15, 0.2) is 23.3 Å². The van der Waals surface area contributed by atoms with Gasteiger partial charge in [0.05, 0.1) is 0 Å². The fourth-order valence-corrected chi connectivity index (χ4v) is 2.21. The average molecular weight is 482 g/mol. The average Bonchev–Trinajstić information content (AvgIpc) is 2.60. The fraction of sp³-hybridized carbons (Fsp3) is 0.188. The maximum atomic E-state index is 13.8. The van der Waals surface area contributed by atoms with E-state index in [-0.39, 0.29) is 5.56 Å². The summed E-state index contributed by atoms with van der Waals surface area (Å²) in [5.41, 5.74) is -2.77. The number of aryl methyl sites for hydroxylation is 1. The minimum absolute atomic E-state index is 0.266. The van der Waals surface area contributed by atoms with Crippen LogP contribution < -0.4 is 0 Å². The van der Waals surface area contributed by atoms with Crippen LogP contribution in [0.2, 0.25) is 0 Å². The van der Waals surface area contributed by atoms with E-state index in [4.69, 9.17) is 18.6 Å². The maximum absolute atomic E-state index is 13.8. The van der Waals surface area contributed by atoms with E-state index in [1.165, 1.54) is 13.1 Å². The van der Waals surface area contributed by atoms with Crippen LogP contribution in [0.25, 0.3) is 5.32 Å². The Balaban J connectivity index is 0.00000122. The standard InChI is InChI=1S/C16H10F7N2.2ClH.Ti/c1-7-4-3-5-8(14(7)24-2)6-25-15-12(19)10(17)9(16(21,22)23)11(18)13(15)20;;;/h3-6H,1-2H3;2*1H;/q-1;;;+2/p-2. The van der Waals surface area contributed by atoms with Crippen molar-refractivity contribution in [2.24, 2.45) is 4.99 Å². The van der Waals surface area contributed by atoms with Gasteiger partial charge in [-0.05, 0) is 12.5 Å². The van der Waals surface area contributed by atoms with E-state index in [0.29, 0.717) is 11.3 Å². The van der Waals surface area contributed by atoms with E-state index in [2.05, 4.69) is 10.3 Å². The zero-order valence-electron chi connectivity index (χ0n) is 14.1. The molecule has 28 heavy (non-hydrogen) atoms. The second kappa shape index (κ2) is 10.5. The minimum atomic E-state index is -5.59. The molecule has 0 radical (unpaired) electrons. The normalized spacial score (nSPS) is 11.2.